The Kier molecular flexibility index (Phi) is 3.88. The lowest BCUT2D eigenvalue weighted by atomic mass is 10.1. The van der Waals surface area contributed by atoms with Crippen molar-refractivity contribution in [2.75, 3.05) is 12.4 Å². The predicted molar refractivity (Wildman–Crippen MR) is 70.1 cm³/mol. The van der Waals surface area contributed by atoms with Gasteiger partial charge in [-0.2, -0.15) is 0 Å². The van der Waals surface area contributed by atoms with Crippen molar-refractivity contribution in [3.05, 3.63) is 34.9 Å². The second-order valence-electron chi connectivity index (χ2n) is 4.82. The topological polar surface area (TPSA) is 3.24 Å². The normalized spacial score (nSPS) is 15.8. The minimum Gasteiger partial charge on any atom is -0.295 e. The average Bonchev–Trinajstić information content (AvgIpc) is 3.06. The van der Waals surface area contributed by atoms with Gasteiger partial charge in [0, 0.05) is 25.0 Å². The number of hydrogen-bond acceptors (Lipinski definition) is 1. The molecule has 2 rings (SSSR count). The fourth-order valence-corrected chi connectivity index (χ4v) is 2.35. The third-order valence-corrected chi connectivity index (χ3v) is 3.48. The Morgan fingerprint density at radius 1 is 1.31 bits per heavy atom. The summed E-state index contributed by atoms with van der Waals surface area (Å²) in [5.41, 5.74) is 4.20. The second-order valence-corrected chi connectivity index (χ2v) is 5.20. The molecule has 0 aromatic heterocycles. The summed E-state index contributed by atoms with van der Waals surface area (Å²) in [5, 5.41) is 0. The highest BCUT2D eigenvalue weighted by Gasteiger charge is 2.28. The molecule has 0 atom stereocenters. The summed E-state index contributed by atoms with van der Waals surface area (Å²) in [6, 6.07) is 7.50. The summed E-state index contributed by atoms with van der Waals surface area (Å²) in [6.07, 6.45) is 2.70. The Labute approximate surface area is 103 Å². The van der Waals surface area contributed by atoms with Crippen molar-refractivity contribution < 1.29 is 0 Å². The van der Waals surface area contributed by atoms with Gasteiger partial charge >= 0.3 is 0 Å². The molecule has 0 heterocycles. The minimum absolute atomic E-state index is 0.737. The van der Waals surface area contributed by atoms with Crippen LogP contribution in [0.1, 0.15) is 29.5 Å². The molecule has 88 valence electrons. The van der Waals surface area contributed by atoms with Crippen molar-refractivity contribution >= 4 is 11.6 Å². The summed E-state index contributed by atoms with van der Waals surface area (Å²) in [4.78, 5) is 2.52. The van der Waals surface area contributed by atoms with Crippen molar-refractivity contribution in [3.63, 3.8) is 0 Å². The van der Waals surface area contributed by atoms with E-state index >= 15 is 0 Å². The van der Waals surface area contributed by atoms with Gasteiger partial charge < -0.3 is 0 Å². The highest BCUT2D eigenvalue weighted by atomic mass is 35.5. The van der Waals surface area contributed by atoms with Crippen LogP contribution in [-0.4, -0.2) is 23.4 Å². The van der Waals surface area contributed by atoms with Crippen molar-refractivity contribution in [2.45, 2.75) is 39.3 Å². The molecule has 0 bridgehead atoms. The van der Waals surface area contributed by atoms with E-state index in [1.165, 1.54) is 29.5 Å². The molecule has 0 saturated heterocycles. The van der Waals surface area contributed by atoms with Gasteiger partial charge in [-0.3, -0.25) is 4.90 Å². The number of nitrogens with zero attached hydrogens (tertiary/aromatic N) is 1. The molecule has 1 fully saturated rings. The largest absolute Gasteiger partial charge is 0.295 e. The van der Waals surface area contributed by atoms with Gasteiger partial charge in [0.1, 0.15) is 0 Å². The number of hydrogen-bond donors (Lipinski definition) is 0. The van der Waals surface area contributed by atoms with Gasteiger partial charge in [-0.05, 0) is 37.8 Å². The Balaban J connectivity index is 2.08. The van der Waals surface area contributed by atoms with Crippen LogP contribution in [0.15, 0.2) is 18.2 Å². The van der Waals surface area contributed by atoms with Crippen LogP contribution in [0.25, 0.3) is 0 Å². The van der Waals surface area contributed by atoms with E-state index < -0.39 is 0 Å². The lowest BCUT2D eigenvalue weighted by molar-refractivity contribution is 0.270. The first-order valence-electron chi connectivity index (χ1n) is 6.07. The molecule has 0 radical (unpaired) electrons. The van der Waals surface area contributed by atoms with E-state index in [0.29, 0.717) is 0 Å². The molecule has 1 nitrogen and oxygen atoms in total. The highest BCUT2D eigenvalue weighted by molar-refractivity contribution is 6.18. The Hall–Kier alpha value is -0.530. The average molecular weight is 238 g/mol. The summed E-state index contributed by atoms with van der Waals surface area (Å²) in [6.45, 7) is 6.43. The molecule has 0 aliphatic heterocycles. The molecular weight excluding hydrogens is 218 g/mol. The van der Waals surface area contributed by atoms with E-state index in [0.717, 1.165) is 25.0 Å². The minimum atomic E-state index is 0.737. The highest BCUT2D eigenvalue weighted by Crippen LogP contribution is 2.28. The van der Waals surface area contributed by atoms with Crippen LogP contribution in [0.3, 0.4) is 0 Å². The molecule has 0 unspecified atom stereocenters. The molecule has 1 aliphatic rings. The van der Waals surface area contributed by atoms with Crippen LogP contribution < -0.4 is 0 Å². The summed E-state index contributed by atoms with van der Waals surface area (Å²) >= 11 is 5.86. The third kappa shape index (κ3) is 2.99. The summed E-state index contributed by atoms with van der Waals surface area (Å²) < 4.78 is 0. The molecule has 1 saturated carbocycles. The molecule has 0 N–H and O–H groups in total. The van der Waals surface area contributed by atoms with Crippen LogP contribution in [-0.2, 0) is 6.54 Å². The quantitative estimate of drug-likeness (QED) is 0.709. The maximum absolute atomic E-state index is 5.86. The van der Waals surface area contributed by atoms with Crippen molar-refractivity contribution in [2.24, 2.45) is 0 Å². The van der Waals surface area contributed by atoms with Crippen molar-refractivity contribution in [1.82, 2.24) is 4.90 Å². The van der Waals surface area contributed by atoms with Crippen LogP contribution >= 0.6 is 11.6 Å². The van der Waals surface area contributed by atoms with Crippen LogP contribution in [0, 0.1) is 13.8 Å². The first kappa shape index (κ1) is 11.9. The Bertz CT molecular complexity index is 358. The third-order valence-electron chi connectivity index (χ3n) is 3.31. The zero-order chi connectivity index (χ0) is 11.5. The van der Waals surface area contributed by atoms with E-state index in [-0.39, 0.29) is 0 Å². The van der Waals surface area contributed by atoms with Crippen molar-refractivity contribution in [1.29, 1.82) is 0 Å². The predicted octanol–water partition coefficient (Wildman–Crippen LogP) is 3.51. The maximum Gasteiger partial charge on any atom is 0.0351 e. The molecule has 0 amide bonds. The molecule has 1 aliphatic carbocycles. The maximum atomic E-state index is 5.86. The smallest absolute Gasteiger partial charge is 0.0351 e. The second kappa shape index (κ2) is 5.20. The molecule has 1 aromatic carbocycles. The number of benzene rings is 1. The lowest BCUT2D eigenvalue weighted by Crippen LogP contribution is -2.27. The monoisotopic (exact) mass is 237 g/mol. The zero-order valence-corrected chi connectivity index (χ0v) is 10.9. The van der Waals surface area contributed by atoms with Gasteiger partial charge in [-0.25, -0.2) is 0 Å². The Morgan fingerprint density at radius 2 is 2.06 bits per heavy atom. The summed E-state index contributed by atoms with van der Waals surface area (Å²) in [7, 11) is 0. The Morgan fingerprint density at radius 3 is 2.69 bits per heavy atom. The van der Waals surface area contributed by atoms with Gasteiger partial charge in [0.15, 0.2) is 0 Å². The molecule has 16 heavy (non-hydrogen) atoms. The molecule has 2 heteroatoms. The van der Waals surface area contributed by atoms with E-state index in [9.17, 15) is 0 Å². The molecular formula is C14H20ClN. The first-order valence-corrected chi connectivity index (χ1v) is 6.60. The molecule has 0 spiro atoms. The molecule has 1 aromatic rings. The van der Waals surface area contributed by atoms with Gasteiger partial charge in [-0.1, -0.05) is 23.8 Å². The summed E-state index contributed by atoms with van der Waals surface area (Å²) in [5.74, 6) is 0.737. The van der Waals surface area contributed by atoms with Gasteiger partial charge in [0.25, 0.3) is 0 Å². The van der Waals surface area contributed by atoms with Gasteiger partial charge in [-0.15, -0.1) is 11.6 Å². The number of rotatable bonds is 5. The van der Waals surface area contributed by atoms with E-state index in [1.54, 1.807) is 0 Å². The first-order chi connectivity index (χ1) is 7.70. The zero-order valence-electron chi connectivity index (χ0n) is 10.2. The number of aryl methyl sites for hydroxylation is 2. The van der Waals surface area contributed by atoms with Crippen LogP contribution in [0.5, 0.6) is 0 Å². The standard InChI is InChI=1S/C14H20ClN/c1-11-3-4-12(2)13(9-11)10-16(8-7-15)14-5-6-14/h3-4,9,14H,5-8,10H2,1-2H3. The number of halogens is 1. The van der Waals surface area contributed by atoms with Crippen LogP contribution in [0.4, 0.5) is 0 Å². The van der Waals surface area contributed by atoms with Gasteiger partial charge in [0.05, 0.1) is 0 Å². The van der Waals surface area contributed by atoms with Crippen molar-refractivity contribution in [3.8, 4) is 0 Å². The van der Waals surface area contributed by atoms with E-state index in [2.05, 4.69) is 36.9 Å². The van der Waals surface area contributed by atoms with E-state index in [1.807, 2.05) is 0 Å². The SMILES string of the molecule is Cc1ccc(C)c(CN(CCCl)C2CC2)c1. The van der Waals surface area contributed by atoms with Gasteiger partial charge in [0.2, 0.25) is 0 Å². The lowest BCUT2D eigenvalue weighted by Gasteiger charge is -2.22. The van der Waals surface area contributed by atoms with Crippen LogP contribution in [0.2, 0.25) is 0 Å². The number of alkyl halides is 1. The fraction of sp³-hybridized carbons (Fsp3) is 0.571. The van der Waals surface area contributed by atoms with E-state index in [4.69, 9.17) is 11.6 Å². The fourth-order valence-electron chi connectivity index (χ4n) is 2.13.